The van der Waals surface area contributed by atoms with E-state index in [-0.39, 0.29) is 11.4 Å². The molecule has 4 nitrogen and oxygen atoms in total. The summed E-state index contributed by atoms with van der Waals surface area (Å²) in [4.78, 5) is 0.253. The summed E-state index contributed by atoms with van der Waals surface area (Å²) in [6.45, 7) is -0.00840. The van der Waals surface area contributed by atoms with E-state index < -0.39 is 22.7 Å². The van der Waals surface area contributed by atoms with Crippen molar-refractivity contribution in [3.05, 3.63) is 15.8 Å². The molecule has 0 bridgehead atoms. The van der Waals surface area contributed by atoms with E-state index in [1.807, 2.05) is 0 Å². The Labute approximate surface area is 107 Å². The van der Waals surface area contributed by atoms with Crippen LogP contribution in [0.2, 0.25) is 0 Å². The minimum Gasteiger partial charge on any atom is -0.326 e. The standard InChI is InChI=1S/C9H13F3N2O2S2/c1-6-4-17-7(3-13)8(6)18(15,16)14(2)5-9(10,11)12/h4H,3,5,13H2,1-2H3. The van der Waals surface area contributed by atoms with Gasteiger partial charge in [-0.3, -0.25) is 0 Å². The highest BCUT2D eigenvalue weighted by atomic mass is 32.2. The van der Waals surface area contributed by atoms with Gasteiger partial charge in [0.2, 0.25) is 10.0 Å². The molecule has 0 fully saturated rings. The third-order valence-electron chi connectivity index (χ3n) is 2.24. The zero-order chi connectivity index (χ0) is 14.1. The average Bonchev–Trinajstić information content (AvgIpc) is 2.57. The maximum atomic E-state index is 12.2. The lowest BCUT2D eigenvalue weighted by molar-refractivity contribution is -0.134. The lowest BCUT2D eigenvalue weighted by atomic mass is 10.3. The number of nitrogens with zero attached hydrogens (tertiary/aromatic N) is 1. The molecule has 1 rings (SSSR count). The van der Waals surface area contributed by atoms with Gasteiger partial charge in [-0.25, -0.2) is 8.42 Å². The monoisotopic (exact) mass is 302 g/mol. The molecule has 2 N–H and O–H groups in total. The first-order valence-corrected chi connectivity index (χ1v) is 7.21. The fraction of sp³-hybridized carbons (Fsp3) is 0.556. The molecule has 0 saturated carbocycles. The number of hydrogen-bond donors (Lipinski definition) is 1. The van der Waals surface area contributed by atoms with Gasteiger partial charge in [-0.2, -0.15) is 17.5 Å². The SMILES string of the molecule is Cc1csc(CN)c1S(=O)(=O)N(C)CC(F)(F)F. The molecular weight excluding hydrogens is 289 g/mol. The number of rotatable bonds is 4. The van der Waals surface area contributed by atoms with E-state index in [1.165, 1.54) is 6.92 Å². The summed E-state index contributed by atoms with van der Waals surface area (Å²) in [5.74, 6) is 0. The predicted molar refractivity (Wildman–Crippen MR) is 62.8 cm³/mol. The van der Waals surface area contributed by atoms with E-state index >= 15 is 0 Å². The molecule has 0 aliphatic heterocycles. The van der Waals surface area contributed by atoms with Gasteiger partial charge in [0.1, 0.15) is 11.4 Å². The van der Waals surface area contributed by atoms with E-state index in [2.05, 4.69) is 0 Å². The van der Waals surface area contributed by atoms with Crippen LogP contribution in [0.5, 0.6) is 0 Å². The van der Waals surface area contributed by atoms with Crippen molar-refractivity contribution in [1.82, 2.24) is 4.31 Å². The van der Waals surface area contributed by atoms with Crippen molar-refractivity contribution in [1.29, 1.82) is 0 Å². The summed E-state index contributed by atoms with van der Waals surface area (Å²) in [7, 11) is -3.26. The highest BCUT2D eigenvalue weighted by Gasteiger charge is 2.36. The van der Waals surface area contributed by atoms with Gasteiger partial charge >= 0.3 is 6.18 Å². The zero-order valence-electron chi connectivity index (χ0n) is 9.78. The summed E-state index contributed by atoms with van der Waals surface area (Å²) in [6.07, 6.45) is -4.57. The molecule has 104 valence electrons. The molecule has 0 aliphatic carbocycles. The molecule has 0 saturated heterocycles. The molecule has 0 aromatic carbocycles. The Kier molecular flexibility index (Phi) is 4.42. The van der Waals surface area contributed by atoms with Crippen LogP contribution in [0.1, 0.15) is 10.4 Å². The first-order valence-electron chi connectivity index (χ1n) is 4.89. The van der Waals surface area contributed by atoms with Crippen LogP contribution in [0.25, 0.3) is 0 Å². The van der Waals surface area contributed by atoms with E-state index in [0.717, 1.165) is 18.4 Å². The number of alkyl halides is 3. The van der Waals surface area contributed by atoms with E-state index in [0.29, 0.717) is 14.7 Å². The van der Waals surface area contributed by atoms with Gasteiger partial charge in [0, 0.05) is 18.5 Å². The molecule has 0 radical (unpaired) electrons. The van der Waals surface area contributed by atoms with Crippen molar-refractivity contribution in [2.24, 2.45) is 5.73 Å². The van der Waals surface area contributed by atoms with Crippen molar-refractivity contribution in [3.8, 4) is 0 Å². The molecule has 0 aliphatic rings. The van der Waals surface area contributed by atoms with Crippen LogP contribution in [0, 0.1) is 6.92 Å². The maximum Gasteiger partial charge on any atom is 0.402 e. The predicted octanol–water partition coefficient (Wildman–Crippen LogP) is 1.70. The first-order chi connectivity index (χ1) is 8.09. The van der Waals surface area contributed by atoms with Crippen LogP contribution < -0.4 is 5.73 Å². The Morgan fingerprint density at radius 1 is 1.44 bits per heavy atom. The number of thiophene rings is 1. The maximum absolute atomic E-state index is 12.2. The summed E-state index contributed by atoms with van der Waals surface area (Å²) in [6, 6.07) is 0. The topological polar surface area (TPSA) is 63.4 Å². The fourth-order valence-electron chi connectivity index (χ4n) is 1.47. The second-order valence-corrected chi connectivity index (χ2v) is 6.70. The molecule has 1 aromatic heterocycles. The summed E-state index contributed by atoms with van der Waals surface area (Å²) in [5, 5.41) is 1.57. The van der Waals surface area contributed by atoms with E-state index in [1.54, 1.807) is 5.38 Å². The van der Waals surface area contributed by atoms with Crippen LogP contribution in [-0.2, 0) is 16.6 Å². The number of sulfonamides is 1. The Morgan fingerprint density at radius 2 is 2.00 bits per heavy atom. The van der Waals surface area contributed by atoms with Crippen molar-refractivity contribution in [2.45, 2.75) is 24.5 Å². The smallest absolute Gasteiger partial charge is 0.326 e. The Hall–Kier alpha value is -0.640. The molecular formula is C9H13F3N2O2S2. The van der Waals surface area contributed by atoms with Crippen molar-refractivity contribution in [2.75, 3.05) is 13.6 Å². The minimum absolute atomic E-state index is 0.0209. The third-order valence-corrected chi connectivity index (χ3v) is 5.53. The first kappa shape index (κ1) is 15.4. The molecule has 0 atom stereocenters. The normalized spacial score (nSPS) is 13.3. The van der Waals surface area contributed by atoms with Crippen LogP contribution in [0.3, 0.4) is 0 Å². The van der Waals surface area contributed by atoms with Gasteiger partial charge in [0.05, 0.1) is 0 Å². The molecule has 1 heterocycles. The van der Waals surface area contributed by atoms with Crippen molar-refractivity contribution in [3.63, 3.8) is 0 Å². The molecule has 0 spiro atoms. The van der Waals surface area contributed by atoms with Gasteiger partial charge in [-0.15, -0.1) is 11.3 Å². The number of hydrogen-bond acceptors (Lipinski definition) is 4. The number of halogens is 3. The summed E-state index contributed by atoms with van der Waals surface area (Å²) < 4.78 is 61.1. The fourth-order valence-corrected chi connectivity index (χ4v) is 4.27. The van der Waals surface area contributed by atoms with Crippen LogP contribution in [-0.4, -0.2) is 32.5 Å². The molecule has 1 aromatic rings. The van der Waals surface area contributed by atoms with Crippen molar-refractivity contribution < 1.29 is 21.6 Å². The van der Waals surface area contributed by atoms with Gasteiger partial charge < -0.3 is 5.73 Å². The van der Waals surface area contributed by atoms with Crippen LogP contribution in [0.15, 0.2) is 10.3 Å². The van der Waals surface area contributed by atoms with Crippen LogP contribution >= 0.6 is 11.3 Å². The largest absolute Gasteiger partial charge is 0.402 e. The lowest BCUT2D eigenvalue weighted by Crippen LogP contribution is -2.36. The summed E-state index contributed by atoms with van der Waals surface area (Å²) in [5.41, 5.74) is 5.80. The minimum atomic E-state index is -4.57. The van der Waals surface area contributed by atoms with Gasteiger partial charge in [-0.1, -0.05) is 0 Å². The van der Waals surface area contributed by atoms with Gasteiger partial charge in [0.25, 0.3) is 0 Å². The Bertz CT molecular complexity index is 522. The van der Waals surface area contributed by atoms with Crippen molar-refractivity contribution >= 4 is 21.4 Å². The lowest BCUT2D eigenvalue weighted by Gasteiger charge is -2.19. The molecule has 0 unspecified atom stereocenters. The van der Waals surface area contributed by atoms with E-state index in [4.69, 9.17) is 5.73 Å². The number of nitrogens with two attached hydrogens (primary N) is 1. The van der Waals surface area contributed by atoms with Gasteiger partial charge in [-0.05, 0) is 17.9 Å². The quantitative estimate of drug-likeness (QED) is 0.920. The second-order valence-electron chi connectivity index (χ2n) is 3.75. The number of aryl methyl sites for hydroxylation is 1. The second kappa shape index (κ2) is 5.16. The summed E-state index contributed by atoms with van der Waals surface area (Å²) >= 11 is 1.13. The molecule has 9 heteroatoms. The third kappa shape index (κ3) is 3.22. The van der Waals surface area contributed by atoms with Crippen LogP contribution in [0.4, 0.5) is 13.2 Å². The zero-order valence-corrected chi connectivity index (χ0v) is 11.4. The Balaban J connectivity index is 3.17. The average molecular weight is 302 g/mol. The highest BCUT2D eigenvalue weighted by Crippen LogP contribution is 2.30. The highest BCUT2D eigenvalue weighted by molar-refractivity contribution is 7.89. The van der Waals surface area contributed by atoms with E-state index in [9.17, 15) is 21.6 Å². The van der Waals surface area contributed by atoms with Gasteiger partial charge in [0.15, 0.2) is 0 Å². The molecule has 0 amide bonds. The Morgan fingerprint density at radius 3 is 2.44 bits per heavy atom. The molecule has 18 heavy (non-hydrogen) atoms.